The highest BCUT2D eigenvalue weighted by atomic mass is 32.2. The van der Waals surface area contributed by atoms with E-state index in [-0.39, 0.29) is 23.0 Å². The van der Waals surface area contributed by atoms with Crippen LogP contribution in [0.2, 0.25) is 0 Å². The Morgan fingerprint density at radius 3 is 2.90 bits per heavy atom. The maximum absolute atomic E-state index is 12.0. The summed E-state index contributed by atoms with van der Waals surface area (Å²) in [6.45, 7) is 1.87. The first-order valence-electron chi connectivity index (χ1n) is 5.56. The van der Waals surface area contributed by atoms with Crippen LogP contribution in [0.3, 0.4) is 0 Å². The van der Waals surface area contributed by atoms with Gasteiger partial charge in [0.25, 0.3) is 10.0 Å². The van der Waals surface area contributed by atoms with Gasteiger partial charge in [-0.15, -0.1) is 11.3 Å². The highest BCUT2D eigenvalue weighted by molar-refractivity contribution is 7.93. The van der Waals surface area contributed by atoms with E-state index in [9.17, 15) is 13.2 Å². The molecule has 2 rings (SSSR count). The Morgan fingerprint density at radius 2 is 2.30 bits per heavy atom. The zero-order chi connectivity index (χ0) is 14.8. The first kappa shape index (κ1) is 14.5. The van der Waals surface area contributed by atoms with E-state index in [1.54, 1.807) is 12.3 Å². The predicted octanol–water partition coefficient (Wildman–Crippen LogP) is 0.924. The molecule has 2 aromatic heterocycles. The summed E-state index contributed by atoms with van der Waals surface area (Å²) in [4.78, 5) is 14.4. The molecule has 0 radical (unpaired) electrons. The molecule has 0 atom stereocenters. The Bertz CT molecular complexity index is 719. The van der Waals surface area contributed by atoms with Gasteiger partial charge in [0, 0.05) is 11.6 Å². The molecule has 108 valence electrons. The van der Waals surface area contributed by atoms with Crippen molar-refractivity contribution in [3.05, 3.63) is 23.5 Å². The summed E-state index contributed by atoms with van der Waals surface area (Å²) in [6, 6.07) is 0. The van der Waals surface area contributed by atoms with E-state index in [1.165, 1.54) is 28.4 Å². The monoisotopic (exact) mass is 316 g/mol. The lowest BCUT2D eigenvalue weighted by atomic mass is 10.4. The van der Waals surface area contributed by atoms with Gasteiger partial charge in [0.05, 0.1) is 24.9 Å². The molecule has 0 fully saturated rings. The minimum atomic E-state index is -3.75. The topological polar surface area (TPSA) is 114 Å². The van der Waals surface area contributed by atoms with E-state index < -0.39 is 16.0 Å². The number of carbonyl (C=O) groups is 1. The first-order valence-corrected chi connectivity index (χ1v) is 7.92. The molecule has 0 amide bonds. The first-order chi connectivity index (χ1) is 9.37. The second-order valence-electron chi connectivity index (χ2n) is 3.98. The fourth-order valence-electron chi connectivity index (χ4n) is 1.39. The summed E-state index contributed by atoms with van der Waals surface area (Å²) in [5, 5.41) is 14.4. The molecule has 2 heterocycles. The Hall–Kier alpha value is -1.94. The Labute approximate surface area is 119 Å². The fourth-order valence-corrected chi connectivity index (χ4v) is 3.28. The zero-order valence-corrected chi connectivity index (χ0v) is 12.1. The Morgan fingerprint density at radius 1 is 1.55 bits per heavy atom. The van der Waals surface area contributed by atoms with Crippen LogP contribution in [0.25, 0.3) is 0 Å². The van der Waals surface area contributed by atoms with Crippen molar-refractivity contribution in [2.45, 2.75) is 24.8 Å². The average Bonchev–Trinajstić information content (AvgIpc) is 2.95. The number of aryl methyl sites for hydroxylation is 2. The van der Waals surface area contributed by atoms with Crippen LogP contribution >= 0.6 is 11.3 Å². The predicted molar refractivity (Wildman–Crippen MR) is 72.1 cm³/mol. The summed E-state index contributed by atoms with van der Waals surface area (Å²) in [6.07, 6.45) is 2.33. The smallest absolute Gasteiger partial charge is 0.305 e. The lowest BCUT2D eigenvalue weighted by Crippen LogP contribution is -2.12. The quantitative estimate of drug-likeness (QED) is 0.819. The van der Waals surface area contributed by atoms with Crippen LogP contribution in [0.1, 0.15) is 12.1 Å². The zero-order valence-electron chi connectivity index (χ0n) is 10.5. The van der Waals surface area contributed by atoms with Gasteiger partial charge >= 0.3 is 5.97 Å². The summed E-state index contributed by atoms with van der Waals surface area (Å²) in [5.41, 5.74) is 0.727. The second-order valence-corrected chi connectivity index (χ2v) is 6.52. The molecule has 2 N–H and O–H groups in total. The molecule has 10 heteroatoms. The van der Waals surface area contributed by atoms with E-state index in [4.69, 9.17) is 5.11 Å². The van der Waals surface area contributed by atoms with Crippen LogP contribution in [0, 0.1) is 6.92 Å². The molecule has 0 aliphatic rings. The molecule has 0 bridgehead atoms. The van der Waals surface area contributed by atoms with Crippen LogP contribution in [-0.2, 0) is 21.4 Å². The van der Waals surface area contributed by atoms with Crippen molar-refractivity contribution in [3.63, 3.8) is 0 Å². The molecule has 0 aliphatic carbocycles. The number of sulfonamides is 1. The Kier molecular flexibility index (Phi) is 4.04. The maximum atomic E-state index is 12.0. The van der Waals surface area contributed by atoms with Crippen molar-refractivity contribution >= 4 is 32.5 Å². The third-order valence-electron chi connectivity index (χ3n) is 2.32. The van der Waals surface area contributed by atoms with Crippen molar-refractivity contribution in [1.82, 2.24) is 14.8 Å². The maximum Gasteiger partial charge on any atom is 0.305 e. The van der Waals surface area contributed by atoms with Gasteiger partial charge in [-0.05, 0) is 6.92 Å². The lowest BCUT2D eigenvalue weighted by Gasteiger charge is -2.01. The van der Waals surface area contributed by atoms with E-state index in [0.717, 1.165) is 5.69 Å². The number of nitrogens with one attached hydrogen (secondary N) is 1. The van der Waals surface area contributed by atoms with E-state index >= 15 is 0 Å². The molecular weight excluding hydrogens is 304 g/mol. The third kappa shape index (κ3) is 3.54. The number of aliphatic carboxylic acids is 1. The molecular formula is C10H12N4O4S2. The average molecular weight is 316 g/mol. The van der Waals surface area contributed by atoms with E-state index in [0.29, 0.717) is 0 Å². The van der Waals surface area contributed by atoms with Gasteiger partial charge in [-0.3, -0.25) is 14.2 Å². The van der Waals surface area contributed by atoms with E-state index in [1.807, 2.05) is 0 Å². The molecule has 0 aliphatic heterocycles. The number of hydrogen-bond donors (Lipinski definition) is 2. The summed E-state index contributed by atoms with van der Waals surface area (Å²) >= 11 is 1.19. The van der Waals surface area contributed by atoms with E-state index in [2.05, 4.69) is 14.8 Å². The number of carboxylic acids is 1. The lowest BCUT2D eigenvalue weighted by molar-refractivity contribution is -0.137. The molecule has 0 aromatic carbocycles. The Balaban J connectivity index is 2.11. The molecule has 0 saturated heterocycles. The van der Waals surface area contributed by atoms with Gasteiger partial charge in [0.15, 0.2) is 5.13 Å². The van der Waals surface area contributed by atoms with Crippen molar-refractivity contribution in [1.29, 1.82) is 0 Å². The second kappa shape index (κ2) is 5.59. The SMILES string of the molecule is Cc1csc(NS(=O)(=O)c2cnn(CCC(=O)O)c2)n1. The van der Waals surface area contributed by atoms with Crippen LogP contribution in [0.15, 0.2) is 22.7 Å². The third-order valence-corrected chi connectivity index (χ3v) is 4.61. The van der Waals surface area contributed by atoms with Gasteiger partial charge < -0.3 is 5.11 Å². The molecule has 0 spiro atoms. The summed E-state index contributed by atoms with van der Waals surface area (Å²) < 4.78 is 27.7. The number of anilines is 1. The van der Waals surface area contributed by atoms with Crippen LogP contribution in [0.5, 0.6) is 0 Å². The van der Waals surface area contributed by atoms with Gasteiger partial charge in [0.1, 0.15) is 4.90 Å². The number of nitrogens with zero attached hydrogens (tertiary/aromatic N) is 3. The van der Waals surface area contributed by atoms with Crippen molar-refractivity contribution < 1.29 is 18.3 Å². The minimum Gasteiger partial charge on any atom is -0.481 e. The molecule has 8 nitrogen and oxygen atoms in total. The number of thiazole rings is 1. The summed E-state index contributed by atoms with van der Waals surface area (Å²) in [5.74, 6) is -0.971. The van der Waals surface area contributed by atoms with Gasteiger partial charge in [-0.25, -0.2) is 13.4 Å². The van der Waals surface area contributed by atoms with Crippen LogP contribution in [0.4, 0.5) is 5.13 Å². The molecule has 20 heavy (non-hydrogen) atoms. The van der Waals surface area contributed by atoms with Crippen molar-refractivity contribution in [3.8, 4) is 0 Å². The molecule has 0 saturated carbocycles. The summed E-state index contributed by atoms with van der Waals surface area (Å²) in [7, 11) is -3.75. The van der Waals surface area contributed by atoms with Crippen molar-refractivity contribution in [2.75, 3.05) is 4.72 Å². The minimum absolute atomic E-state index is 0.0317. The highest BCUT2D eigenvalue weighted by Gasteiger charge is 2.18. The van der Waals surface area contributed by atoms with Gasteiger partial charge in [-0.1, -0.05) is 0 Å². The standard InChI is InChI=1S/C10H12N4O4S2/c1-7-6-19-10(12-7)13-20(17,18)8-4-11-14(5-8)3-2-9(15)16/h4-6H,2-3H2,1H3,(H,12,13)(H,15,16). The number of rotatable bonds is 6. The van der Waals surface area contributed by atoms with Crippen LogP contribution < -0.4 is 4.72 Å². The van der Waals surface area contributed by atoms with Crippen LogP contribution in [-0.4, -0.2) is 34.3 Å². The van der Waals surface area contributed by atoms with Crippen molar-refractivity contribution in [2.24, 2.45) is 0 Å². The number of carboxylic acid groups (broad SMARTS) is 1. The molecule has 2 aromatic rings. The molecule has 0 unspecified atom stereocenters. The van der Waals surface area contributed by atoms with Gasteiger partial charge in [-0.2, -0.15) is 5.10 Å². The number of hydrogen-bond acceptors (Lipinski definition) is 6. The largest absolute Gasteiger partial charge is 0.481 e. The number of aromatic nitrogens is 3. The van der Waals surface area contributed by atoms with Gasteiger partial charge in [0.2, 0.25) is 0 Å². The fraction of sp³-hybridized carbons (Fsp3) is 0.300. The highest BCUT2D eigenvalue weighted by Crippen LogP contribution is 2.19. The normalized spacial score (nSPS) is 11.4.